The monoisotopic (exact) mass is 534 g/mol. The van der Waals surface area contributed by atoms with Crippen LogP contribution in [0.3, 0.4) is 0 Å². The van der Waals surface area contributed by atoms with Crippen LogP contribution < -0.4 is 11.6 Å². The average Bonchev–Trinajstić information content (AvgIpc) is 3.59. The predicted molar refractivity (Wildman–Crippen MR) is 154 cm³/mol. The summed E-state index contributed by atoms with van der Waals surface area (Å²) in [6.07, 6.45) is 5.71. The van der Waals surface area contributed by atoms with Crippen LogP contribution in [0.15, 0.2) is 115 Å². The molecule has 0 spiro atoms. The number of hydrogen-bond acceptors (Lipinski definition) is 8. The summed E-state index contributed by atoms with van der Waals surface area (Å²) in [6, 6.07) is 30.4. The van der Waals surface area contributed by atoms with E-state index in [9.17, 15) is 0 Å². The van der Waals surface area contributed by atoms with Gasteiger partial charge in [-0.15, -0.1) is 10.2 Å². The number of nitrogens with two attached hydrogens (primary N) is 2. The molecule has 2 aromatic heterocycles. The summed E-state index contributed by atoms with van der Waals surface area (Å²) in [7, 11) is 0. The van der Waals surface area contributed by atoms with E-state index in [1.165, 1.54) is 11.1 Å². The Balaban J connectivity index is 1.27. The first-order valence-corrected chi connectivity index (χ1v) is 13.2. The SMILES string of the molecule is N/C(=C\N(N)Cc1ccccc1)CN(Cc1cn(Cc2ccccc2)nn1)Cc1cn(Cc2ccccc2)nn1. The molecule has 0 fully saturated rings. The van der Waals surface area contributed by atoms with Crippen LogP contribution in [0.4, 0.5) is 0 Å². The molecule has 10 nitrogen and oxygen atoms in total. The predicted octanol–water partition coefficient (Wildman–Crippen LogP) is 3.14. The molecule has 0 radical (unpaired) electrons. The second kappa shape index (κ2) is 13.3. The minimum atomic E-state index is 0.472. The van der Waals surface area contributed by atoms with Gasteiger partial charge in [-0.05, 0) is 16.7 Å². The smallest absolute Gasteiger partial charge is 0.0967 e. The third kappa shape index (κ3) is 8.10. The second-order valence-electron chi connectivity index (χ2n) is 9.79. The van der Waals surface area contributed by atoms with Crippen LogP contribution in [0, 0.1) is 0 Å². The highest BCUT2D eigenvalue weighted by Gasteiger charge is 2.14. The van der Waals surface area contributed by atoms with Gasteiger partial charge in [-0.2, -0.15) is 0 Å². The molecule has 0 atom stereocenters. The van der Waals surface area contributed by atoms with Crippen LogP contribution in [-0.4, -0.2) is 46.4 Å². The molecule has 0 saturated heterocycles. The maximum Gasteiger partial charge on any atom is 0.0967 e. The van der Waals surface area contributed by atoms with Crippen molar-refractivity contribution in [2.24, 2.45) is 11.6 Å². The summed E-state index contributed by atoms with van der Waals surface area (Å²) >= 11 is 0. The maximum atomic E-state index is 6.47. The van der Waals surface area contributed by atoms with Gasteiger partial charge in [0.1, 0.15) is 0 Å². The molecule has 0 bridgehead atoms. The van der Waals surface area contributed by atoms with Gasteiger partial charge in [-0.25, -0.2) is 15.2 Å². The second-order valence-corrected chi connectivity index (χ2v) is 9.79. The van der Waals surface area contributed by atoms with Crippen LogP contribution in [0.1, 0.15) is 28.1 Å². The highest BCUT2D eigenvalue weighted by molar-refractivity contribution is 5.17. The number of hydrogen-bond donors (Lipinski definition) is 2. The Morgan fingerprint density at radius 1 is 0.650 bits per heavy atom. The zero-order valence-electron chi connectivity index (χ0n) is 22.4. The molecular formula is C30H34N10. The van der Waals surface area contributed by atoms with Crippen molar-refractivity contribution in [1.82, 2.24) is 39.9 Å². The summed E-state index contributed by atoms with van der Waals surface area (Å²) in [4.78, 5) is 2.16. The van der Waals surface area contributed by atoms with Crippen molar-refractivity contribution >= 4 is 0 Å². The first kappa shape index (κ1) is 26.8. The lowest BCUT2D eigenvalue weighted by atomic mass is 10.2. The highest BCUT2D eigenvalue weighted by Crippen LogP contribution is 2.11. The molecule has 0 unspecified atom stereocenters. The minimum absolute atomic E-state index is 0.472. The number of benzene rings is 3. The molecule has 3 aromatic carbocycles. The quantitative estimate of drug-likeness (QED) is 0.175. The van der Waals surface area contributed by atoms with Crippen molar-refractivity contribution in [1.29, 1.82) is 0 Å². The van der Waals surface area contributed by atoms with Gasteiger partial charge < -0.3 is 10.7 Å². The van der Waals surface area contributed by atoms with E-state index in [2.05, 4.69) is 49.8 Å². The highest BCUT2D eigenvalue weighted by atomic mass is 15.4. The fourth-order valence-electron chi connectivity index (χ4n) is 4.50. The lowest BCUT2D eigenvalue weighted by molar-refractivity contribution is 0.268. The largest absolute Gasteiger partial charge is 0.400 e. The Morgan fingerprint density at radius 2 is 1.10 bits per heavy atom. The molecule has 4 N–H and O–H groups in total. The molecule has 40 heavy (non-hydrogen) atoms. The third-order valence-electron chi connectivity index (χ3n) is 6.26. The fourth-order valence-corrected chi connectivity index (χ4v) is 4.50. The van der Waals surface area contributed by atoms with Crippen molar-refractivity contribution < 1.29 is 0 Å². The lowest BCUT2D eigenvalue weighted by Crippen LogP contribution is -2.31. The molecular weight excluding hydrogens is 500 g/mol. The van der Waals surface area contributed by atoms with E-state index in [-0.39, 0.29) is 0 Å². The van der Waals surface area contributed by atoms with Gasteiger partial charge in [0.2, 0.25) is 0 Å². The van der Waals surface area contributed by atoms with Gasteiger partial charge in [0, 0.05) is 31.5 Å². The Hall–Kier alpha value is -4.80. The molecule has 0 amide bonds. The van der Waals surface area contributed by atoms with Crippen LogP contribution in [0.25, 0.3) is 0 Å². The number of rotatable bonds is 13. The Labute approximate surface area is 234 Å². The van der Waals surface area contributed by atoms with Crippen LogP contribution in [0.5, 0.6) is 0 Å². The van der Waals surface area contributed by atoms with Crippen molar-refractivity contribution in [3.05, 3.63) is 143 Å². The van der Waals surface area contributed by atoms with E-state index in [4.69, 9.17) is 11.6 Å². The lowest BCUT2D eigenvalue weighted by Gasteiger charge is -2.22. The van der Waals surface area contributed by atoms with E-state index < -0.39 is 0 Å². The number of nitrogens with zero attached hydrogens (tertiary/aromatic N) is 8. The number of hydrazine groups is 1. The standard InChI is InChI=1S/C30H34N10/c31-28(20-38(32)16-25-10-4-1-5-11-25)19-37(21-29-23-39(35-33-29)17-26-12-6-2-7-13-26)22-30-24-40(36-34-30)18-27-14-8-3-9-15-27/h1-15,20,23-24H,16-19,21-22,31-32H2/b28-20-. The van der Waals surface area contributed by atoms with Gasteiger partial charge >= 0.3 is 0 Å². The van der Waals surface area contributed by atoms with Crippen molar-refractivity contribution in [3.8, 4) is 0 Å². The van der Waals surface area contributed by atoms with E-state index in [1.54, 1.807) is 11.2 Å². The van der Waals surface area contributed by atoms with Gasteiger partial charge in [0.25, 0.3) is 0 Å². The molecule has 5 aromatic rings. The van der Waals surface area contributed by atoms with Crippen LogP contribution in [-0.2, 0) is 32.7 Å². The molecule has 2 heterocycles. The molecule has 0 saturated carbocycles. The van der Waals surface area contributed by atoms with Crippen molar-refractivity contribution in [2.45, 2.75) is 32.7 Å². The summed E-state index contributed by atoms with van der Waals surface area (Å²) in [5.74, 6) is 6.25. The average molecular weight is 535 g/mol. The molecule has 5 rings (SSSR count). The Bertz CT molecular complexity index is 1400. The minimum Gasteiger partial charge on any atom is -0.400 e. The molecule has 0 aliphatic heterocycles. The normalized spacial score (nSPS) is 11.7. The fraction of sp³-hybridized carbons (Fsp3) is 0.200. The summed E-state index contributed by atoms with van der Waals surface area (Å²) in [6.45, 7) is 3.43. The van der Waals surface area contributed by atoms with Crippen LogP contribution in [0.2, 0.25) is 0 Å². The van der Waals surface area contributed by atoms with Gasteiger partial charge in [-0.3, -0.25) is 4.90 Å². The first-order chi connectivity index (χ1) is 19.6. The van der Waals surface area contributed by atoms with Crippen molar-refractivity contribution in [3.63, 3.8) is 0 Å². The van der Waals surface area contributed by atoms with E-state index in [0.717, 1.165) is 17.0 Å². The van der Waals surface area contributed by atoms with E-state index >= 15 is 0 Å². The van der Waals surface area contributed by atoms with Gasteiger partial charge in [0.05, 0.1) is 43.4 Å². The zero-order chi connectivity index (χ0) is 27.6. The first-order valence-electron chi connectivity index (χ1n) is 13.2. The molecule has 10 heteroatoms. The summed E-state index contributed by atoms with van der Waals surface area (Å²) in [5, 5.41) is 19.1. The van der Waals surface area contributed by atoms with Crippen LogP contribution >= 0.6 is 0 Å². The Morgan fingerprint density at radius 3 is 1.57 bits per heavy atom. The molecule has 0 aliphatic rings. The topological polar surface area (TPSA) is 120 Å². The summed E-state index contributed by atoms with van der Waals surface area (Å²) < 4.78 is 3.69. The third-order valence-corrected chi connectivity index (χ3v) is 6.26. The van der Waals surface area contributed by atoms with Gasteiger partial charge in [-0.1, -0.05) is 101 Å². The zero-order valence-corrected chi connectivity index (χ0v) is 22.4. The van der Waals surface area contributed by atoms with E-state index in [0.29, 0.717) is 45.0 Å². The number of aromatic nitrogens is 6. The molecule has 0 aliphatic carbocycles. The molecule has 204 valence electrons. The maximum absolute atomic E-state index is 6.47. The summed E-state index contributed by atoms with van der Waals surface area (Å²) in [5.41, 5.74) is 12.2. The van der Waals surface area contributed by atoms with Crippen molar-refractivity contribution in [2.75, 3.05) is 6.54 Å². The van der Waals surface area contributed by atoms with E-state index in [1.807, 2.05) is 88.5 Å². The van der Waals surface area contributed by atoms with Gasteiger partial charge in [0.15, 0.2) is 0 Å². The Kier molecular flexibility index (Phi) is 8.92.